The molecular weight excluding hydrogens is 222 g/mol. The molecule has 18 heavy (non-hydrogen) atoms. The molecule has 2 atom stereocenters. The lowest BCUT2D eigenvalue weighted by Gasteiger charge is -2.25. The molecule has 2 aliphatic rings. The molecule has 0 spiro atoms. The molecule has 2 heterocycles. The molecule has 0 aromatic rings. The number of nitrogens with zero attached hydrogens (tertiary/aromatic N) is 2. The molecule has 2 rings (SSSR count). The van der Waals surface area contributed by atoms with E-state index in [0.29, 0.717) is 0 Å². The van der Waals surface area contributed by atoms with Gasteiger partial charge in [-0.25, -0.2) is 0 Å². The highest BCUT2D eigenvalue weighted by Gasteiger charge is 2.26. The van der Waals surface area contributed by atoms with Crippen molar-refractivity contribution in [3.05, 3.63) is 0 Å². The maximum Gasteiger partial charge on any atom is 0.0107 e. The van der Waals surface area contributed by atoms with Crippen molar-refractivity contribution >= 4 is 0 Å². The maximum absolute atomic E-state index is 3.66. The lowest BCUT2D eigenvalue weighted by Crippen LogP contribution is -2.35. The van der Waals surface area contributed by atoms with Crippen LogP contribution in [0.2, 0.25) is 0 Å². The molecule has 106 valence electrons. The minimum Gasteiger partial charge on any atom is -0.313 e. The van der Waals surface area contributed by atoms with Crippen LogP contribution in [0.1, 0.15) is 40.0 Å². The zero-order chi connectivity index (χ0) is 13.0. The molecule has 0 radical (unpaired) electrons. The Kier molecular flexibility index (Phi) is 5.46. The Morgan fingerprint density at radius 3 is 2.67 bits per heavy atom. The van der Waals surface area contributed by atoms with Gasteiger partial charge < -0.3 is 15.1 Å². The Morgan fingerprint density at radius 2 is 2.00 bits per heavy atom. The first-order chi connectivity index (χ1) is 8.69. The third-order valence-electron chi connectivity index (χ3n) is 4.71. The standard InChI is InChI=1S/C15H31N3/c1-4-15-6-8-17(10-7-16-15)11-14-5-9-18(12-14)13(2)3/h13-16H,4-12H2,1-3H3. The normalized spacial score (nSPS) is 32.0. The molecule has 3 nitrogen and oxygen atoms in total. The predicted octanol–water partition coefficient (Wildman–Crippen LogP) is 1.79. The third kappa shape index (κ3) is 3.94. The average Bonchev–Trinajstić information content (AvgIpc) is 2.69. The highest BCUT2D eigenvalue weighted by Crippen LogP contribution is 2.20. The first kappa shape index (κ1) is 14.3. The second-order valence-corrected chi connectivity index (χ2v) is 6.39. The van der Waals surface area contributed by atoms with E-state index in [1.165, 1.54) is 58.5 Å². The highest BCUT2D eigenvalue weighted by molar-refractivity contribution is 4.82. The fourth-order valence-electron chi connectivity index (χ4n) is 3.36. The van der Waals surface area contributed by atoms with Crippen molar-refractivity contribution in [1.82, 2.24) is 15.1 Å². The summed E-state index contributed by atoms with van der Waals surface area (Å²) in [5.74, 6) is 0.908. The Labute approximate surface area is 113 Å². The zero-order valence-electron chi connectivity index (χ0n) is 12.5. The summed E-state index contributed by atoms with van der Waals surface area (Å²) >= 11 is 0. The molecule has 2 aliphatic heterocycles. The fraction of sp³-hybridized carbons (Fsp3) is 1.00. The molecule has 0 saturated carbocycles. The van der Waals surface area contributed by atoms with E-state index in [4.69, 9.17) is 0 Å². The van der Waals surface area contributed by atoms with Crippen molar-refractivity contribution in [1.29, 1.82) is 0 Å². The van der Waals surface area contributed by atoms with E-state index in [-0.39, 0.29) is 0 Å². The summed E-state index contributed by atoms with van der Waals surface area (Å²) in [7, 11) is 0. The predicted molar refractivity (Wildman–Crippen MR) is 78.0 cm³/mol. The van der Waals surface area contributed by atoms with Crippen molar-refractivity contribution in [2.24, 2.45) is 5.92 Å². The van der Waals surface area contributed by atoms with Gasteiger partial charge in [-0.15, -0.1) is 0 Å². The number of nitrogens with one attached hydrogen (secondary N) is 1. The van der Waals surface area contributed by atoms with Crippen LogP contribution >= 0.6 is 0 Å². The van der Waals surface area contributed by atoms with Crippen molar-refractivity contribution in [2.75, 3.05) is 39.3 Å². The maximum atomic E-state index is 3.66. The first-order valence-electron chi connectivity index (χ1n) is 7.88. The van der Waals surface area contributed by atoms with Gasteiger partial charge in [0.2, 0.25) is 0 Å². The number of likely N-dealkylation sites (tertiary alicyclic amines) is 1. The van der Waals surface area contributed by atoms with Gasteiger partial charge in [0.25, 0.3) is 0 Å². The first-order valence-corrected chi connectivity index (χ1v) is 7.88. The monoisotopic (exact) mass is 253 g/mol. The average molecular weight is 253 g/mol. The summed E-state index contributed by atoms with van der Waals surface area (Å²) in [6, 6.07) is 1.48. The summed E-state index contributed by atoms with van der Waals surface area (Å²) < 4.78 is 0. The molecule has 2 unspecified atom stereocenters. The quantitative estimate of drug-likeness (QED) is 0.824. The van der Waals surface area contributed by atoms with Gasteiger partial charge in [-0.2, -0.15) is 0 Å². The summed E-state index contributed by atoms with van der Waals surface area (Å²) in [6.07, 6.45) is 4.01. The fourth-order valence-corrected chi connectivity index (χ4v) is 3.36. The van der Waals surface area contributed by atoms with Gasteiger partial charge in [-0.1, -0.05) is 6.92 Å². The molecule has 3 heteroatoms. The lowest BCUT2D eigenvalue weighted by atomic mass is 10.1. The Bertz CT molecular complexity index is 242. The number of rotatable bonds is 4. The topological polar surface area (TPSA) is 18.5 Å². The smallest absolute Gasteiger partial charge is 0.0107 e. The second kappa shape index (κ2) is 6.88. The molecule has 0 aliphatic carbocycles. The Morgan fingerprint density at radius 1 is 1.17 bits per heavy atom. The van der Waals surface area contributed by atoms with Crippen molar-refractivity contribution in [2.45, 2.75) is 52.1 Å². The number of hydrogen-bond acceptors (Lipinski definition) is 3. The van der Waals surface area contributed by atoms with E-state index in [0.717, 1.165) is 18.0 Å². The van der Waals surface area contributed by atoms with Gasteiger partial charge >= 0.3 is 0 Å². The van der Waals surface area contributed by atoms with Crippen molar-refractivity contribution in [3.63, 3.8) is 0 Å². The molecule has 1 N–H and O–H groups in total. The van der Waals surface area contributed by atoms with Crippen LogP contribution in [0.15, 0.2) is 0 Å². The van der Waals surface area contributed by atoms with Gasteiger partial charge in [-0.3, -0.25) is 0 Å². The van der Waals surface area contributed by atoms with Crippen molar-refractivity contribution < 1.29 is 0 Å². The van der Waals surface area contributed by atoms with E-state index in [9.17, 15) is 0 Å². The largest absolute Gasteiger partial charge is 0.313 e. The van der Waals surface area contributed by atoms with Gasteiger partial charge in [0.15, 0.2) is 0 Å². The Hall–Kier alpha value is -0.120. The van der Waals surface area contributed by atoms with Gasteiger partial charge in [0.05, 0.1) is 0 Å². The van der Waals surface area contributed by atoms with Crippen LogP contribution in [0.4, 0.5) is 0 Å². The molecular formula is C15H31N3. The van der Waals surface area contributed by atoms with Crippen molar-refractivity contribution in [3.8, 4) is 0 Å². The Balaban J connectivity index is 1.73. The van der Waals surface area contributed by atoms with Gasteiger partial charge in [0, 0.05) is 38.3 Å². The van der Waals surface area contributed by atoms with Crippen LogP contribution < -0.4 is 5.32 Å². The van der Waals surface area contributed by atoms with Crippen LogP contribution in [0.25, 0.3) is 0 Å². The summed E-state index contributed by atoms with van der Waals surface area (Å²) in [4.78, 5) is 5.33. The molecule has 2 fully saturated rings. The second-order valence-electron chi connectivity index (χ2n) is 6.39. The van der Waals surface area contributed by atoms with Gasteiger partial charge in [0.1, 0.15) is 0 Å². The summed E-state index contributed by atoms with van der Waals surface area (Å²) in [5.41, 5.74) is 0. The summed E-state index contributed by atoms with van der Waals surface area (Å²) in [6.45, 7) is 14.6. The van der Waals surface area contributed by atoms with E-state index in [2.05, 4.69) is 35.9 Å². The van der Waals surface area contributed by atoms with Crippen LogP contribution in [0.3, 0.4) is 0 Å². The lowest BCUT2D eigenvalue weighted by molar-refractivity contribution is 0.222. The minimum absolute atomic E-state index is 0.727. The van der Waals surface area contributed by atoms with E-state index >= 15 is 0 Å². The molecule has 0 aromatic heterocycles. The molecule has 0 bridgehead atoms. The van der Waals surface area contributed by atoms with E-state index < -0.39 is 0 Å². The van der Waals surface area contributed by atoms with E-state index in [1.807, 2.05) is 0 Å². The minimum atomic E-state index is 0.727. The SMILES string of the molecule is CCC1CCN(CC2CCN(C(C)C)C2)CCN1. The molecule has 0 aromatic carbocycles. The van der Waals surface area contributed by atoms with Gasteiger partial charge in [-0.05, 0) is 52.1 Å². The number of hydrogen-bond donors (Lipinski definition) is 1. The van der Waals surface area contributed by atoms with Crippen LogP contribution in [-0.4, -0.2) is 61.2 Å². The zero-order valence-corrected chi connectivity index (χ0v) is 12.5. The van der Waals surface area contributed by atoms with Crippen LogP contribution in [0.5, 0.6) is 0 Å². The van der Waals surface area contributed by atoms with Crippen LogP contribution in [0, 0.1) is 5.92 Å². The highest BCUT2D eigenvalue weighted by atomic mass is 15.2. The van der Waals surface area contributed by atoms with E-state index in [1.54, 1.807) is 0 Å². The third-order valence-corrected chi connectivity index (χ3v) is 4.71. The molecule has 0 amide bonds. The van der Waals surface area contributed by atoms with Crippen LogP contribution in [-0.2, 0) is 0 Å². The molecule has 2 saturated heterocycles. The summed E-state index contributed by atoms with van der Waals surface area (Å²) in [5, 5.41) is 3.66.